The molecule has 2 bridgehead atoms. The minimum absolute atomic E-state index is 0.00512. The van der Waals surface area contributed by atoms with E-state index >= 15 is 0 Å². The molecule has 3 rings (SSSR count). The largest absolute Gasteiger partial charge is 0.444 e. The van der Waals surface area contributed by atoms with E-state index in [9.17, 15) is 13.6 Å². The Morgan fingerprint density at radius 1 is 1.26 bits per heavy atom. The molecule has 0 N–H and O–H groups in total. The van der Waals surface area contributed by atoms with Crippen LogP contribution in [0.3, 0.4) is 0 Å². The number of benzene rings is 1. The van der Waals surface area contributed by atoms with Crippen LogP contribution >= 0.6 is 0 Å². The van der Waals surface area contributed by atoms with Crippen molar-refractivity contribution in [2.24, 2.45) is 0 Å². The third kappa shape index (κ3) is 4.99. The van der Waals surface area contributed by atoms with Crippen LogP contribution in [-0.2, 0) is 11.2 Å². The molecule has 2 aliphatic heterocycles. The van der Waals surface area contributed by atoms with Gasteiger partial charge in [0.05, 0.1) is 6.04 Å². The van der Waals surface area contributed by atoms with Gasteiger partial charge in [0.25, 0.3) is 0 Å². The number of rotatable bonds is 4. The summed E-state index contributed by atoms with van der Waals surface area (Å²) in [5, 5.41) is 0. The fourth-order valence-corrected chi connectivity index (χ4v) is 3.95. The van der Waals surface area contributed by atoms with Gasteiger partial charge in [-0.2, -0.15) is 8.78 Å². The number of piperidine rings is 1. The lowest BCUT2D eigenvalue weighted by Crippen LogP contribution is -2.53. The lowest BCUT2D eigenvalue weighted by Gasteiger charge is -2.45. The number of carbonyl (C=O) groups is 1. The number of halogens is 2. The molecule has 6 heteroatoms. The second-order valence-electron chi connectivity index (χ2n) is 8.23. The molecule has 1 saturated heterocycles. The molecule has 1 amide bonds. The fourth-order valence-electron chi connectivity index (χ4n) is 3.95. The van der Waals surface area contributed by atoms with E-state index < -0.39 is 12.2 Å². The first-order chi connectivity index (χ1) is 12.7. The number of ether oxygens (including phenoxy) is 2. The van der Waals surface area contributed by atoms with E-state index in [2.05, 4.69) is 10.8 Å². The van der Waals surface area contributed by atoms with Crippen molar-refractivity contribution in [2.45, 2.75) is 77.2 Å². The molecule has 0 saturated carbocycles. The summed E-state index contributed by atoms with van der Waals surface area (Å²) in [6.45, 7) is 2.76. The molecule has 1 aromatic carbocycles. The normalized spacial score (nSPS) is 22.4. The van der Waals surface area contributed by atoms with Crippen LogP contribution < -0.4 is 4.74 Å². The van der Waals surface area contributed by atoms with Crippen molar-refractivity contribution in [3.05, 3.63) is 41.5 Å². The molecule has 148 valence electrons. The van der Waals surface area contributed by atoms with Gasteiger partial charge in [-0.05, 0) is 64.5 Å². The molecule has 1 fully saturated rings. The van der Waals surface area contributed by atoms with Gasteiger partial charge in [0.15, 0.2) is 0 Å². The number of alkyl halides is 2. The number of amides is 1. The zero-order valence-electron chi connectivity index (χ0n) is 16.1. The predicted octanol–water partition coefficient (Wildman–Crippen LogP) is 5.32. The summed E-state index contributed by atoms with van der Waals surface area (Å²) in [6.07, 6.45) is 6.03. The van der Waals surface area contributed by atoms with Gasteiger partial charge in [-0.1, -0.05) is 29.8 Å². The molecule has 27 heavy (non-hydrogen) atoms. The minimum Gasteiger partial charge on any atom is -0.444 e. The lowest BCUT2D eigenvalue weighted by molar-refractivity contribution is -0.0504. The maximum atomic E-state index is 12.6. The van der Waals surface area contributed by atoms with E-state index in [1.807, 2.05) is 37.8 Å². The van der Waals surface area contributed by atoms with Crippen LogP contribution in [0.1, 0.15) is 52.0 Å². The Hall–Kier alpha value is -2.11. The highest BCUT2D eigenvalue weighted by Gasteiger charge is 2.39. The van der Waals surface area contributed by atoms with Gasteiger partial charge in [0.2, 0.25) is 0 Å². The number of nitrogens with zero attached hydrogens (tertiary/aromatic N) is 1. The maximum Gasteiger partial charge on any atom is 0.411 e. The molecule has 2 unspecified atom stereocenters. The Labute approximate surface area is 159 Å². The number of hydrogen-bond donors (Lipinski definition) is 0. The van der Waals surface area contributed by atoms with Crippen molar-refractivity contribution in [2.75, 3.05) is 0 Å². The SMILES string of the molecule is CC(C)(C)OC(=O)N1C2C=C(Cc3ccccc3OC(F)F)CC1CCC2. The van der Waals surface area contributed by atoms with E-state index in [-0.39, 0.29) is 23.9 Å². The van der Waals surface area contributed by atoms with Gasteiger partial charge in [-0.3, -0.25) is 4.90 Å². The third-order valence-corrected chi connectivity index (χ3v) is 4.92. The first-order valence-electron chi connectivity index (χ1n) is 9.46. The van der Waals surface area contributed by atoms with Gasteiger partial charge >= 0.3 is 12.7 Å². The molecule has 2 aliphatic rings. The lowest BCUT2D eigenvalue weighted by atomic mass is 9.83. The summed E-state index contributed by atoms with van der Waals surface area (Å²) in [6, 6.07) is 7.00. The molecule has 0 spiro atoms. The molecular weight excluding hydrogens is 352 g/mol. The molecule has 2 heterocycles. The van der Waals surface area contributed by atoms with Gasteiger partial charge in [-0.15, -0.1) is 0 Å². The third-order valence-electron chi connectivity index (χ3n) is 4.92. The molecule has 1 aromatic rings. The standard InChI is InChI=1S/C21H27F2NO3/c1-21(2,3)27-20(25)24-16-8-6-9-17(24)13-14(12-16)11-15-7-4-5-10-18(15)26-19(22)23/h4-5,7,10,12,16-17,19H,6,8-9,11,13H2,1-3H3. The number of carbonyl (C=O) groups excluding carboxylic acids is 1. The van der Waals surface area contributed by atoms with E-state index in [4.69, 9.17) is 4.74 Å². The number of hydrogen-bond acceptors (Lipinski definition) is 3. The molecule has 0 aliphatic carbocycles. The Bertz CT molecular complexity index is 712. The smallest absolute Gasteiger partial charge is 0.411 e. The van der Waals surface area contributed by atoms with Crippen molar-refractivity contribution >= 4 is 6.09 Å². The van der Waals surface area contributed by atoms with E-state index in [0.717, 1.165) is 36.8 Å². The van der Waals surface area contributed by atoms with E-state index in [1.165, 1.54) is 0 Å². The zero-order chi connectivity index (χ0) is 19.6. The van der Waals surface area contributed by atoms with Crippen molar-refractivity contribution in [1.82, 2.24) is 4.90 Å². The highest BCUT2D eigenvalue weighted by atomic mass is 19.3. The minimum atomic E-state index is -2.84. The van der Waals surface area contributed by atoms with Crippen molar-refractivity contribution in [3.8, 4) is 5.75 Å². The topological polar surface area (TPSA) is 38.8 Å². The van der Waals surface area contributed by atoms with Crippen LogP contribution in [0.25, 0.3) is 0 Å². The zero-order valence-corrected chi connectivity index (χ0v) is 16.1. The molecule has 2 atom stereocenters. The van der Waals surface area contributed by atoms with Crippen LogP contribution in [0, 0.1) is 0 Å². The van der Waals surface area contributed by atoms with Crippen molar-refractivity contribution in [3.63, 3.8) is 0 Å². The average Bonchev–Trinajstić information content (AvgIpc) is 2.53. The van der Waals surface area contributed by atoms with Crippen LogP contribution in [0.4, 0.5) is 13.6 Å². The molecule has 4 nitrogen and oxygen atoms in total. The second kappa shape index (κ2) is 7.87. The summed E-state index contributed by atoms with van der Waals surface area (Å²) in [4.78, 5) is 14.5. The van der Waals surface area contributed by atoms with Crippen LogP contribution in [-0.4, -0.2) is 35.3 Å². The van der Waals surface area contributed by atoms with E-state index in [0.29, 0.717) is 6.42 Å². The highest BCUT2D eigenvalue weighted by Crippen LogP contribution is 2.36. The predicted molar refractivity (Wildman–Crippen MR) is 99.0 cm³/mol. The van der Waals surface area contributed by atoms with Gasteiger partial charge in [-0.25, -0.2) is 4.79 Å². The maximum absolute atomic E-state index is 12.6. The Morgan fingerprint density at radius 2 is 2.00 bits per heavy atom. The quantitative estimate of drug-likeness (QED) is 0.665. The average molecular weight is 379 g/mol. The van der Waals surface area contributed by atoms with E-state index in [1.54, 1.807) is 12.1 Å². The molecular formula is C21H27F2NO3. The summed E-state index contributed by atoms with van der Waals surface area (Å²) in [5.41, 5.74) is 1.38. The van der Waals surface area contributed by atoms with Crippen LogP contribution in [0.2, 0.25) is 0 Å². The number of para-hydroxylation sites is 1. The van der Waals surface area contributed by atoms with Crippen LogP contribution in [0.15, 0.2) is 35.9 Å². The Morgan fingerprint density at radius 3 is 2.67 bits per heavy atom. The van der Waals surface area contributed by atoms with Crippen LogP contribution in [0.5, 0.6) is 5.75 Å². The van der Waals surface area contributed by atoms with Gasteiger partial charge in [0.1, 0.15) is 11.4 Å². The molecule has 0 radical (unpaired) electrons. The first-order valence-corrected chi connectivity index (χ1v) is 9.46. The Balaban J connectivity index is 1.77. The summed E-state index contributed by atoms with van der Waals surface area (Å²) in [5.74, 6) is 0.216. The second-order valence-corrected chi connectivity index (χ2v) is 8.23. The summed E-state index contributed by atoms with van der Waals surface area (Å²) >= 11 is 0. The van der Waals surface area contributed by atoms with Crippen molar-refractivity contribution in [1.29, 1.82) is 0 Å². The van der Waals surface area contributed by atoms with Gasteiger partial charge in [0, 0.05) is 6.04 Å². The highest BCUT2D eigenvalue weighted by molar-refractivity contribution is 5.70. The fraction of sp³-hybridized carbons (Fsp3) is 0.571. The van der Waals surface area contributed by atoms with Gasteiger partial charge < -0.3 is 9.47 Å². The molecule has 0 aromatic heterocycles. The summed E-state index contributed by atoms with van der Waals surface area (Å²) < 4.78 is 35.5. The first kappa shape index (κ1) is 19.6. The van der Waals surface area contributed by atoms with Crippen molar-refractivity contribution < 1.29 is 23.0 Å². The number of fused-ring (bicyclic) bond motifs is 2. The monoisotopic (exact) mass is 379 g/mol. The summed E-state index contributed by atoms with van der Waals surface area (Å²) in [7, 11) is 0. The Kier molecular flexibility index (Phi) is 5.72.